The molecule has 3 aromatic heterocycles. The van der Waals surface area contributed by atoms with Crippen LogP contribution in [0.15, 0.2) is 47.2 Å². The summed E-state index contributed by atoms with van der Waals surface area (Å²) in [7, 11) is -1.27. The lowest BCUT2D eigenvalue weighted by Gasteiger charge is -2.19. The highest BCUT2D eigenvalue weighted by atomic mass is 79.9. The number of hydrogen-bond acceptors (Lipinski definition) is 9. The maximum atomic E-state index is 10.1. The van der Waals surface area contributed by atoms with Crippen molar-refractivity contribution in [1.29, 1.82) is 0 Å². The molecule has 1 N–H and O–H groups in total. The van der Waals surface area contributed by atoms with Crippen LogP contribution in [0.4, 0.5) is 0 Å². The Morgan fingerprint density at radius 1 is 1.05 bits per heavy atom. The van der Waals surface area contributed by atoms with E-state index in [1.807, 2.05) is 28.8 Å². The van der Waals surface area contributed by atoms with Gasteiger partial charge < -0.3 is 24.1 Å². The van der Waals surface area contributed by atoms with Gasteiger partial charge in [0, 0.05) is 38.2 Å². The van der Waals surface area contributed by atoms with Gasteiger partial charge in [-0.1, -0.05) is 55.5 Å². The number of rotatable bonds is 9. The zero-order chi connectivity index (χ0) is 28.7. The predicted molar refractivity (Wildman–Crippen MR) is 161 cm³/mol. The Bertz CT molecular complexity index is 1530. The first-order valence-electron chi connectivity index (χ1n) is 13.5. The maximum Gasteiger partial charge on any atom is 0.301 e. The first-order chi connectivity index (χ1) is 19.7. The summed E-state index contributed by atoms with van der Waals surface area (Å²) in [6.45, 7) is 8.30. The van der Waals surface area contributed by atoms with Crippen molar-refractivity contribution >= 4 is 46.8 Å². The Hall–Kier alpha value is -2.45. The highest BCUT2D eigenvalue weighted by molar-refractivity contribution is 9.10. The monoisotopic (exact) mass is 659 g/mol. The van der Waals surface area contributed by atoms with Crippen molar-refractivity contribution in [1.82, 2.24) is 24.5 Å². The number of imidazole rings is 1. The van der Waals surface area contributed by atoms with Gasteiger partial charge in [-0.05, 0) is 28.0 Å². The Morgan fingerprint density at radius 2 is 1.76 bits per heavy atom. The van der Waals surface area contributed by atoms with Crippen molar-refractivity contribution in [3.8, 4) is 28.7 Å². The van der Waals surface area contributed by atoms with Crippen molar-refractivity contribution in [3.63, 3.8) is 0 Å². The van der Waals surface area contributed by atoms with Gasteiger partial charge in [-0.3, -0.25) is 4.57 Å². The number of fused-ring (bicyclic) bond motifs is 2. The van der Waals surface area contributed by atoms with Gasteiger partial charge in [0.25, 0.3) is 0 Å². The topological polar surface area (TPSA) is 114 Å². The minimum Gasteiger partial charge on any atom is -0.456 e. The van der Waals surface area contributed by atoms with Crippen molar-refractivity contribution in [2.24, 2.45) is 0 Å². The molecule has 216 valence electrons. The largest absolute Gasteiger partial charge is 0.456 e. The van der Waals surface area contributed by atoms with Gasteiger partial charge in [-0.2, -0.15) is 4.98 Å². The first kappa shape index (κ1) is 28.7. The predicted octanol–water partition coefficient (Wildman–Crippen LogP) is 5.19. The van der Waals surface area contributed by atoms with Crippen molar-refractivity contribution < 1.29 is 24.1 Å². The maximum absolute atomic E-state index is 10.1. The summed E-state index contributed by atoms with van der Waals surface area (Å²) < 4.78 is 26.6. The molecule has 0 bridgehead atoms. The number of nitrogens with zero attached hydrogens (tertiary/aromatic N) is 5. The van der Waals surface area contributed by atoms with Crippen LogP contribution in [0.1, 0.15) is 0 Å². The van der Waals surface area contributed by atoms with Crippen LogP contribution in [0.25, 0.3) is 33.8 Å². The van der Waals surface area contributed by atoms with Crippen LogP contribution in [0.2, 0.25) is 30.7 Å². The van der Waals surface area contributed by atoms with Crippen LogP contribution in [0.5, 0.6) is 6.01 Å². The molecule has 4 atom stereocenters. The van der Waals surface area contributed by atoms with Crippen LogP contribution in [-0.4, -0.2) is 81.9 Å². The Morgan fingerprint density at radius 3 is 2.49 bits per heavy atom. The standard InChI is InChI=1S/C28H31BrClN5O5Si/c1-41(2,3)9-8-37-15-35-27-20(33-28(35)40-22-14-39-24-21(36)13-38-25(22)24)10-19(30)23(34-27)16-4-6-17(7-5-16)26-31-11-18(29)12-32-26/h4-7,10-12,21-22,24-25,36H,8-9,13-15H2,1-3H3/t21-,22-,24-,25-/m1/s1. The summed E-state index contributed by atoms with van der Waals surface area (Å²) in [6.07, 6.45) is 1.57. The Kier molecular flexibility index (Phi) is 8.16. The van der Waals surface area contributed by atoms with E-state index in [0.717, 1.165) is 21.6 Å². The molecule has 13 heteroatoms. The van der Waals surface area contributed by atoms with E-state index in [4.69, 9.17) is 40.5 Å². The number of halogens is 2. The molecule has 10 nitrogen and oxygen atoms in total. The second kappa shape index (κ2) is 11.7. The summed E-state index contributed by atoms with van der Waals surface area (Å²) in [5.41, 5.74) is 3.52. The van der Waals surface area contributed by atoms with E-state index in [0.29, 0.717) is 46.9 Å². The number of aliphatic hydroxyl groups excluding tert-OH is 1. The van der Waals surface area contributed by atoms with Gasteiger partial charge in [0.1, 0.15) is 30.6 Å². The van der Waals surface area contributed by atoms with E-state index in [1.165, 1.54) is 0 Å². The van der Waals surface area contributed by atoms with E-state index in [-0.39, 0.29) is 19.4 Å². The van der Waals surface area contributed by atoms with Crippen LogP contribution in [-0.2, 0) is 20.9 Å². The molecule has 2 aliphatic rings. The molecule has 4 aromatic rings. The third kappa shape index (κ3) is 6.19. The van der Waals surface area contributed by atoms with Gasteiger partial charge in [0.05, 0.1) is 28.4 Å². The summed E-state index contributed by atoms with van der Waals surface area (Å²) in [5, 5.41) is 10.6. The van der Waals surface area contributed by atoms with E-state index in [1.54, 1.807) is 18.5 Å². The molecule has 0 unspecified atom stereocenters. The van der Waals surface area contributed by atoms with E-state index < -0.39 is 26.4 Å². The molecule has 6 rings (SSSR count). The average molecular weight is 661 g/mol. The molecule has 0 aliphatic carbocycles. The van der Waals surface area contributed by atoms with Gasteiger partial charge in [-0.25, -0.2) is 15.0 Å². The normalized spacial score (nSPS) is 22.4. The Balaban J connectivity index is 1.31. The fourth-order valence-corrected chi connectivity index (χ4v) is 6.08. The molecule has 41 heavy (non-hydrogen) atoms. The highest BCUT2D eigenvalue weighted by Crippen LogP contribution is 2.34. The number of pyridine rings is 1. The van der Waals surface area contributed by atoms with Crippen LogP contribution < -0.4 is 4.74 Å². The van der Waals surface area contributed by atoms with Crippen molar-refractivity contribution in [2.75, 3.05) is 19.8 Å². The van der Waals surface area contributed by atoms with Crippen LogP contribution in [0.3, 0.4) is 0 Å². The lowest BCUT2D eigenvalue weighted by Crippen LogP contribution is -2.35. The molecule has 1 aromatic carbocycles. The second-order valence-corrected chi connectivity index (χ2v) is 18.4. The molecular formula is C28H31BrClN5O5Si. The number of aliphatic hydroxyl groups is 1. The average Bonchev–Trinajstić information content (AvgIpc) is 3.61. The third-order valence-corrected chi connectivity index (χ3v) is 9.53. The minimum atomic E-state index is -1.27. The first-order valence-corrected chi connectivity index (χ1v) is 18.3. The third-order valence-electron chi connectivity index (χ3n) is 7.13. The van der Waals surface area contributed by atoms with E-state index in [2.05, 4.69) is 45.5 Å². The second-order valence-electron chi connectivity index (χ2n) is 11.5. The van der Waals surface area contributed by atoms with Gasteiger partial charge >= 0.3 is 6.01 Å². The van der Waals surface area contributed by atoms with Gasteiger partial charge in [0.2, 0.25) is 0 Å². The lowest BCUT2D eigenvalue weighted by atomic mass is 10.1. The van der Waals surface area contributed by atoms with Crippen molar-refractivity contribution in [2.45, 2.75) is 56.8 Å². The Labute approximate surface area is 252 Å². The van der Waals surface area contributed by atoms with E-state index >= 15 is 0 Å². The molecule has 0 radical (unpaired) electrons. The zero-order valence-corrected chi connectivity index (χ0v) is 26.3. The number of hydrogen-bond donors (Lipinski definition) is 1. The summed E-state index contributed by atoms with van der Waals surface area (Å²) in [5.74, 6) is 0.626. The molecule has 2 saturated heterocycles. The zero-order valence-electron chi connectivity index (χ0n) is 23.0. The summed E-state index contributed by atoms with van der Waals surface area (Å²) in [6, 6.07) is 10.9. The number of aromatic nitrogens is 5. The highest BCUT2D eigenvalue weighted by Gasteiger charge is 2.49. The number of ether oxygens (including phenoxy) is 4. The van der Waals surface area contributed by atoms with Crippen LogP contribution in [0, 0.1) is 0 Å². The van der Waals surface area contributed by atoms with Gasteiger partial charge in [-0.15, -0.1) is 0 Å². The fraction of sp³-hybridized carbons (Fsp3) is 0.429. The molecule has 5 heterocycles. The molecular weight excluding hydrogens is 630 g/mol. The quantitative estimate of drug-likeness (QED) is 0.191. The van der Waals surface area contributed by atoms with Gasteiger partial charge in [0.15, 0.2) is 17.6 Å². The molecule has 0 spiro atoms. The van der Waals surface area contributed by atoms with Crippen LogP contribution >= 0.6 is 27.5 Å². The van der Waals surface area contributed by atoms with Crippen molar-refractivity contribution in [3.05, 3.63) is 52.2 Å². The summed E-state index contributed by atoms with van der Waals surface area (Å²) in [4.78, 5) is 18.4. The minimum absolute atomic E-state index is 0.218. The fourth-order valence-electron chi connectivity index (χ4n) is 4.87. The molecule has 2 aliphatic heterocycles. The molecule has 0 saturated carbocycles. The van der Waals surface area contributed by atoms with E-state index in [9.17, 15) is 5.11 Å². The molecule has 2 fully saturated rings. The SMILES string of the molecule is C[Si](C)(C)CCOCn1c(O[C@@H]2CO[C@H]3[C@@H]2OC[C@H]3O)nc2cc(Cl)c(-c3ccc(-c4ncc(Br)cn4)cc3)nc21. The summed E-state index contributed by atoms with van der Waals surface area (Å²) >= 11 is 10.1. The molecule has 0 amide bonds. The lowest BCUT2D eigenvalue weighted by molar-refractivity contribution is 0.00336. The smallest absolute Gasteiger partial charge is 0.301 e. The number of benzene rings is 1.